The molecule has 0 aromatic heterocycles. The Labute approximate surface area is 86.3 Å². The van der Waals surface area contributed by atoms with E-state index in [-0.39, 0.29) is 0 Å². The summed E-state index contributed by atoms with van der Waals surface area (Å²) in [6.45, 7) is 5.94. The van der Waals surface area contributed by atoms with Crippen LogP contribution in [0.1, 0.15) is 18.9 Å². The molecule has 0 fully saturated rings. The van der Waals surface area contributed by atoms with Gasteiger partial charge in [-0.25, -0.2) is 0 Å². The first-order valence-corrected chi connectivity index (χ1v) is 4.93. The molecule has 0 unspecified atom stereocenters. The highest BCUT2D eigenvalue weighted by Crippen LogP contribution is 2.14. The third-order valence-electron chi connectivity index (χ3n) is 1.97. The largest absolute Gasteiger partial charge is 0.0984 e. The van der Waals surface area contributed by atoms with Gasteiger partial charge in [-0.2, -0.15) is 0 Å². The average molecular weight is 184 g/mol. The molecule has 0 amide bonds. The zero-order valence-electron chi connectivity index (χ0n) is 8.61. The van der Waals surface area contributed by atoms with E-state index in [1.165, 1.54) is 5.56 Å². The van der Waals surface area contributed by atoms with Crippen molar-refractivity contribution in [3.8, 4) is 0 Å². The molecule has 1 aromatic carbocycles. The van der Waals surface area contributed by atoms with Gasteiger partial charge in [-0.05, 0) is 17.6 Å². The standard InChI is InChI=1S/C14H16/c1-3-5-7-10-13(4-2)14-11-8-6-9-12-14/h4-12H,2-3H2,1H3/b7-5+,13-10-. The third-order valence-corrected chi connectivity index (χ3v) is 1.97. The molecule has 14 heavy (non-hydrogen) atoms. The van der Waals surface area contributed by atoms with Gasteiger partial charge in [0.2, 0.25) is 0 Å². The number of benzene rings is 1. The fourth-order valence-corrected chi connectivity index (χ4v) is 1.22. The van der Waals surface area contributed by atoms with E-state index < -0.39 is 0 Å². The zero-order chi connectivity index (χ0) is 10.2. The Morgan fingerprint density at radius 1 is 1.29 bits per heavy atom. The molecule has 0 radical (unpaired) electrons. The maximum absolute atomic E-state index is 3.81. The van der Waals surface area contributed by atoms with Crippen LogP contribution in [0.25, 0.3) is 5.57 Å². The van der Waals surface area contributed by atoms with Crippen molar-refractivity contribution >= 4 is 5.57 Å². The van der Waals surface area contributed by atoms with Gasteiger partial charge in [0.1, 0.15) is 0 Å². The molecule has 0 heterocycles. The van der Waals surface area contributed by atoms with E-state index in [2.05, 4.69) is 43.9 Å². The van der Waals surface area contributed by atoms with Crippen LogP contribution in [0.15, 0.2) is 61.2 Å². The molecule has 0 bridgehead atoms. The molecule has 0 heteroatoms. The van der Waals surface area contributed by atoms with E-state index in [1.807, 2.05) is 24.3 Å². The summed E-state index contributed by atoms with van der Waals surface area (Å²) >= 11 is 0. The molecular formula is C14H16. The van der Waals surface area contributed by atoms with Gasteiger partial charge >= 0.3 is 0 Å². The van der Waals surface area contributed by atoms with Crippen LogP contribution in [0.5, 0.6) is 0 Å². The summed E-state index contributed by atoms with van der Waals surface area (Å²) in [6, 6.07) is 10.3. The lowest BCUT2D eigenvalue weighted by Crippen LogP contribution is -1.77. The minimum atomic E-state index is 1.07. The van der Waals surface area contributed by atoms with Gasteiger partial charge in [0.15, 0.2) is 0 Å². The fraction of sp³-hybridized carbons (Fsp3) is 0.143. The van der Waals surface area contributed by atoms with E-state index in [9.17, 15) is 0 Å². The second-order valence-electron chi connectivity index (χ2n) is 3.03. The molecule has 0 spiro atoms. The van der Waals surface area contributed by atoms with E-state index in [1.54, 1.807) is 0 Å². The Morgan fingerprint density at radius 2 is 2.00 bits per heavy atom. The fourth-order valence-electron chi connectivity index (χ4n) is 1.22. The zero-order valence-corrected chi connectivity index (χ0v) is 8.61. The van der Waals surface area contributed by atoms with Gasteiger partial charge < -0.3 is 0 Å². The predicted molar refractivity (Wildman–Crippen MR) is 64.0 cm³/mol. The van der Waals surface area contributed by atoms with Crippen molar-refractivity contribution < 1.29 is 0 Å². The highest BCUT2D eigenvalue weighted by atomic mass is 14.0. The highest BCUT2D eigenvalue weighted by molar-refractivity contribution is 5.74. The van der Waals surface area contributed by atoms with Crippen LogP contribution in [-0.2, 0) is 0 Å². The molecule has 72 valence electrons. The van der Waals surface area contributed by atoms with E-state index in [0.29, 0.717) is 0 Å². The van der Waals surface area contributed by atoms with Crippen molar-refractivity contribution in [1.82, 2.24) is 0 Å². The minimum absolute atomic E-state index is 1.07. The molecule has 1 aromatic rings. The first-order chi connectivity index (χ1) is 6.88. The lowest BCUT2D eigenvalue weighted by atomic mass is 10.1. The van der Waals surface area contributed by atoms with Crippen LogP contribution in [0.4, 0.5) is 0 Å². The number of rotatable bonds is 4. The Kier molecular flexibility index (Phi) is 4.49. The topological polar surface area (TPSA) is 0 Å². The number of hydrogen-bond donors (Lipinski definition) is 0. The lowest BCUT2D eigenvalue weighted by Gasteiger charge is -1.99. The average Bonchev–Trinajstić information content (AvgIpc) is 2.26. The summed E-state index contributed by atoms with van der Waals surface area (Å²) in [5.41, 5.74) is 2.37. The van der Waals surface area contributed by atoms with Crippen molar-refractivity contribution in [2.45, 2.75) is 13.3 Å². The first kappa shape index (κ1) is 10.5. The molecule has 0 aliphatic rings. The maximum Gasteiger partial charge on any atom is -0.0184 e. The third kappa shape index (κ3) is 3.06. The van der Waals surface area contributed by atoms with Crippen molar-refractivity contribution in [3.63, 3.8) is 0 Å². The molecular weight excluding hydrogens is 168 g/mol. The Balaban J connectivity index is 2.87. The SMILES string of the molecule is C=C/C(=C/C=C/CC)c1ccccc1. The van der Waals surface area contributed by atoms with Gasteiger partial charge in [0, 0.05) is 0 Å². The second-order valence-corrected chi connectivity index (χ2v) is 3.03. The quantitative estimate of drug-likeness (QED) is 0.614. The summed E-state index contributed by atoms with van der Waals surface area (Å²) in [5, 5.41) is 0. The van der Waals surface area contributed by atoms with Crippen LogP contribution < -0.4 is 0 Å². The van der Waals surface area contributed by atoms with Crippen LogP contribution in [0, 0.1) is 0 Å². The molecule has 0 N–H and O–H groups in total. The van der Waals surface area contributed by atoms with Gasteiger partial charge in [-0.3, -0.25) is 0 Å². The first-order valence-electron chi connectivity index (χ1n) is 4.93. The molecule has 0 nitrogen and oxygen atoms in total. The summed E-state index contributed by atoms with van der Waals surface area (Å²) in [5.74, 6) is 0. The molecule has 0 atom stereocenters. The van der Waals surface area contributed by atoms with E-state index in [4.69, 9.17) is 0 Å². The normalized spacial score (nSPS) is 11.9. The van der Waals surface area contributed by atoms with Crippen molar-refractivity contribution in [2.75, 3.05) is 0 Å². The van der Waals surface area contributed by atoms with Crippen LogP contribution in [0.3, 0.4) is 0 Å². The lowest BCUT2D eigenvalue weighted by molar-refractivity contribution is 1.22. The van der Waals surface area contributed by atoms with E-state index >= 15 is 0 Å². The Hall–Kier alpha value is -1.56. The molecule has 0 aliphatic carbocycles. The Morgan fingerprint density at radius 3 is 2.57 bits per heavy atom. The van der Waals surface area contributed by atoms with Crippen molar-refractivity contribution in [3.05, 3.63) is 66.8 Å². The number of hydrogen-bond acceptors (Lipinski definition) is 0. The Bertz CT molecular complexity index is 328. The maximum atomic E-state index is 3.81. The summed E-state index contributed by atoms with van der Waals surface area (Å²) in [7, 11) is 0. The molecule has 1 rings (SSSR count). The monoisotopic (exact) mass is 184 g/mol. The summed E-state index contributed by atoms with van der Waals surface area (Å²) < 4.78 is 0. The van der Waals surface area contributed by atoms with Gasteiger partial charge in [-0.15, -0.1) is 0 Å². The summed E-state index contributed by atoms with van der Waals surface area (Å²) in [4.78, 5) is 0. The van der Waals surface area contributed by atoms with Crippen LogP contribution >= 0.6 is 0 Å². The predicted octanol–water partition coefficient (Wildman–Crippen LogP) is 4.22. The minimum Gasteiger partial charge on any atom is -0.0984 e. The van der Waals surface area contributed by atoms with Crippen molar-refractivity contribution in [1.29, 1.82) is 0 Å². The highest BCUT2D eigenvalue weighted by Gasteiger charge is 1.92. The molecule has 0 aliphatic heterocycles. The van der Waals surface area contributed by atoms with Gasteiger partial charge in [0.25, 0.3) is 0 Å². The van der Waals surface area contributed by atoms with Crippen LogP contribution in [-0.4, -0.2) is 0 Å². The van der Waals surface area contributed by atoms with Gasteiger partial charge in [-0.1, -0.05) is 68.1 Å². The van der Waals surface area contributed by atoms with E-state index in [0.717, 1.165) is 12.0 Å². The smallest absolute Gasteiger partial charge is 0.0184 e. The summed E-state index contributed by atoms with van der Waals surface area (Å²) in [6.07, 6.45) is 9.24. The second kappa shape index (κ2) is 5.98. The van der Waals surface area contributed by atoms with Crippen molar-refractivity contribution in [2.24, 2.45) is 0 Å². The molecule has 0 saturated heterocycles. The van der Waals surface area contributed by atoms with Gasteiger partial charge in [0.05, 0.1) is 0 Å². The molecule has 0 saturated carbocycles. The van der Waals surface area contributed by atoms with Crippen LogP contribution in [0.2, 0.25) is 0 Å². The number of allylic oxidation sites excluding steroid dienone is 5.